The van der Waals surface area contributed by atoms with Gasteiger partial charge < -0.3 is 10.1 Å². The molecule has 126 valence electrons. The van der Waals surface area contributed by atoms with Crippen LogP contribution < -0.4 is 10.1 Å². The van der Waals surface area contributed by atoms with Gasteiger partial charge in [-0.05, 0) is 30.3 Å². The Hall–Kier alpha value is -2.90. The van der Waals surface area contributed by atoms with Gasteiger partial charge in [0.25, 0.3) is 0 Å². The van der Waals surface area contributed by atoms with E-state index in [1.807, 2.05) is 0 Å². The van der Waals surface area contributed by atoms with Crippen molar-refractivity contribution < 1.29 is 27.1 Å². The highest BCUT2D eigenvalue weighted by atomic mass is 19.4. The molecule has 0 spiro atoms. The molecule has 1 heterocycles. The summed E-state index contributed by atoms with van der Waals surface area (Å²) in [4.78, 5) is 14.9. The fourth-order valence-corrected chi connectivity index (χ4v) is 1.77. The molecule has 1 aromatic carbocycles. The average Bonchev–Trinajstić information content (AvgIpc) is 2.53. The van der Waals surface area contributed by atoms with Gasteiger partial charge >= 0.3 is 6.18 Å². The molecule has 2 aromatic rings. The van der Waals surface area contributed by atoms with Gasteiger partial charge in [-0.15, -0.1) is 0 Å². The van der Waals surface area contributed by atoms with Crippen LogP contribution in [-0.2, 0) is 17.6 Å². The summed E-state index contributed by atoms with van der Waals surface area (Å²) < 4.78 is 56.8. The van der Waals surface area contributed by atoms with Crippen LogP contribution in [0.15, 0.2) is 49.2 Å². The highest BCUT2D eigenvalue weighted by Crippen LogP contribution is 2.29. The zero-order chi connectivity index (χ0) is 17.7. The molecule has 1 amide bonds. The summed E-state index contributed by atoms with van der Waals surface area (Å²) in [5.41, 5.74) is -0.658. The Labute approximate surface area is 134 Å². The molecule has 8 heteroatoms. The number of halogens is 4. The molecule has 4 nitrogen and oxygen atoms in total. The van der Waals surface area contributed by atoms with E-state index in [1.54, 1.807) is 0 Å². The lowest BCUT2D eigenvalue weighted by Crippen LogP contribution is -2.08. The smallest absolute Gasteiger partial charge is 0.416 e. The van der Waals surface area contributed by atoms with E-state index in [9.17, 15) is 22.4 Å². The van der Waals surface area contributed by atoms with Crippen molar-refractivity contribution in [1.82, 2.24) is 4.98 Å². The fourth-order valence-electron chi connectivity index (χ4n) is 1.77. The van der Waals surface area contributed by atoms with E-state index < -0.39 is 23.5 Å². The van der Waals surface area contributed by atoms with E-state index in [0.717, 1.165) is 30.5 Å². The molecule has 0 bridgehead atoms. The van der Waals surface area contributed by atoms with Gasteiger partial charge in [0.05, 0.1) is 11.3 Å². The molecule has 0 aliphatic carbocycles. The monoisotopic (exact) mass is 340 g/mol. The predicted molar refractivity (Wildman–Crippen MR) is 78.8 cm³/mol. The number of aromatic nitrogens is 1. The maximum absolute atomic E-state index is 13.9. The summed E-state index contributed by atoms with van der Waals surface area (Å²) in [6.45, 7) is 2.93. The predicted octanol–water partition coefficient (Wildman–Crippen LogP) is 3.94. The molecular weight excluding hydrogens is 328 g/mol. The average molecular weight is 340 g/mol. The van der Waals surface area contributed by atoms with Crippen LogP contribution in [-0.4, -0.2) is 10.9 Å². The zero-order valence-electron chi connectivity index (χ0n) is 12.2. The first kappa shape index (κ1) is 17.5. The summed E-state index contributed by atoms with van der Waals surface area (Å²) in [6, 6.07) is 5.33. The van der Waals surface area contributed by atoms with Crippen molar-refractivity contribution in [2.24, 2.45) is 0 Å². The van der Waals surface area contributed by atoms with Crippen molar-refractivity contribution in [2.45, 2.75) is 12.8 Å². The topological polar surface area (TPSA) is 51.2 Å². The molecule has 0 saturated carbocycles. The molecule has 1 aromatic heterocycles. The van der Waals surface area contributed by atoms with Crippen LogP contribution in [0.3, 0.4) is 0 Å². The summed E-state index contributed by atoms with van der Waals surface area (Å²) in [5, 5.41) is 2.37. The van der Waals surface area contributed by atoms with E-state index in [-0.39, 0.29) is 23.7 Å². The van der Waals surface area contributed by atoms with Crippen LogP contribution in [0.25, 0.3) is 0 Å². The van der Waals surface area contributed by atoms with Crippen molar-refractivity contribution in [3.8, 4) is 5.75 Å². The van der Waals surface area contributed by atoms with Crippen LogP contribution in [0.4, 0.5) is 23.2 Å². The van der Waals surface area contributed by atoms with Crippen molar-refractivity contribution in [3.63, 3.8) is 0 Å². The lowest BCUT2D eigenvalue weighted by molar-refractivity contribution is -0.137. The van der Waals surface area contributed by atoms with Gasteiger partial charge in [0.1, 0.15) is 6.61 Å². The molecule has 0 unspecified atom stereocenters. The Morgan fingerprint density at radius 1 is 1.29 bits per heavy atom. The highest BCUT2D eigenvalue weighted by Gasteiger charge is 2.30. The van der Waals surface area contributed by atoms with E-state index in [4.69, 9.17) is 4.74 Å². The Morgan fingerprint density at radius 3 is 2.67 bits per heavy atom. The van der Waals surface area contributed by atoms with Gasteiger partial charge in [-0.2, -0.15) is 13.2 Å². The van der Waals surface area contributed by atoms with Gasteiger partial charge in [-0.25, -0.2) is 4.39 Å². The Kier molecular flexibility index (Phi) is 5.18. The third-order valence-corrected chi connectivity index (χ3v) is 2.90. The number of amides is 1. The number of alkyl halides is 3. The summed E-state index contributed by atoms with van der Waals surface area (Å²) in [6.07, 6.45) is -2.46. The van der Waals surface area contributed by atoms with Gasteiger partial charge in [0.15, 0.2) is 11.6 Å². The fraction of sp³-hybridized carbons (Fsp3) is 0.125. The summed E-state index contributed by atoms with van der Waals surface area (Å²) >= 11 is 0. The zero-order valence-corrected chi connectivity index (χ0v) is 12.2. The Balaban J connectivity index is 2.07. The van der Waals surface area contributed by atoms with Crippen LogP contribution in [0.5, 0.6) is 5.75 Å². The standard InChI is InChI=1S/C16H12F4N2O2/c1-2-15(23)22-11-3-4-14(13(17)8-11)24-9-12-7-10(5-6-21-12)16(18,19)20/h2-8H,1,9H2,(H,22,23). The van der Waals surface area contributed by atoms with Crippen molar-refractivity contribution in [2.75, 3.05) is 5.32 Å². The number of anilines is 1. The number of ether oxygens (including phenoxy) is 1. The first-order valence-corrected chi connectivity index (χ1v) is 6.67. The van der Waals surface area contributed by atoms with E-state index in [1.165, 1.54) is 12.1 Å². The van der Waals surface area contributed by atoms with E-state index >= 15 is 0 Å². The summed E-state index contributed by atoms with van der Waals surface area (Å²) in [5.74, 6) is -1.45. The molecule has 0 radical (unpaired) electrons. The lowest BCUT2D eigenvalue weighted by Gasteiger charge is -2.10. The molecule has 0 fully saturated rings. The van der Waals surface area contributed by atoms with Crippen molar-refractivity contribution in [1.29, 1.82) is 0 Å². The number of benzene rings is 1. The molecule has 0 atom stereocenters. The second-order valence-electron chi connectivity index (χ2n) is 4.66. The number of pyridine rings is 1. The number of nitrogens with one attached hydrogen (secondary N) is 1. The number of rotatable bonds is 5. The second-order valence-corrected chi connectivity index (χ2v) is 4.66. The second kappa shape index (κ2) is 7.12. The third-order valence-electron chi connectivity index (χ3n) is 2.90. The maximum atomic E-state index is 13.9. The number of carbonyl (C=O) groups excluding carboxylic acids is 1. The number of hydrogen-bond donors (Lipinski definition) is 1. The quantitative estimate of drug-likeness (QED) is 0.662. The molecule has 2 rings (SSSR count). The van der Waals surface area contributed by atoms with Gasteiger partial charge in [0.2, 0.25) is 5.91 Å². The molecular formula is C16H12F4N2O2. The molecule has 0 saturated heterocycles. The number of nitrogens with zero attached hydrogens (tertiary/aromatic N) is 1. The molecule has 0 aliphatic heterocycles. The third kappa shape index (κ3) is 4.55. The van der Waals surface area contributed by atoms with Crippen molar-refractivity contribution in [3.05, 3.63) is 66.3 Å². The van der Waals surface area contributed by atoms with Crippen LogP contribution in [0.1, 0.15) is 11.3 Å². The molecule has 24 heavy (non-hydrogen) atoms. The van der Waals surface area contributed by atoms with E-state index in [2.05, 4.69) is 16.9 Å². The van der Waals surface area contributed by atoms with Gasteiger partial charge in [0, 0.05) is 18.0 Å². The van der Waals surface area contributed by atoms with Gasteiger partial charge in [-0.1, -0.05) is 6.58 Å². The van der Waals surface area contributed by atoms with Crippen LogP contribution in [0, 0.1) is 5.82 Å². The Bertz CT molecular complexity index is 760. The minimum atomic E-state index is -4.49. The lowest BCUT2D eigenvalue weighted by atomic mass is 10.2. The van der Waals surface area contributed by atoms with Crippen molar-refractivity contribution >= 4 is 11.6 Å². The SMILES string of the molecule is C=CC(=O)Nc1ccc(OCc2cc(C(F)(F)F)ccn2)c(F)c1. The molecule has 0 aliphatic rings. The van der Waals surface area contributed by atoms with Gasteiger partial charge in [-0.3, -0.25) is 9.78 Å². The Morgan fingerprint density at radius 2 is 2.04 bits per heavy atom. The minimum Gasteiger partial charge on any atom is -0.484 e. The number of hydrogen-bond acceptors (Lipinski definition) is 3. The van der Waals surface area contributed by atoms with E-state index in [0.29, 0.717) is 0 Å². The number of carbonyl (C=O) groups is 1. The van der Waals surface area contributed by atoms with Crippen LogP contribution >= 0.6 is 0 Å². The van der Waals surface area contributed by atoms with Crippen LogP contribution in [0.2, 0.25) is 0 Å². The largest absolute Gasteiger partial charge is 0.484 e. The highest BCUT2D eigenvalue weighted by molar-refractivity contribution is 5.98. The maximum Gasteiger partial charge on any atom is 0.416 e. The molecule has 1 N–H and O–H groups in total. The first-order valence-electron chi connectivity index (χ1n) is 6.67. The minimum absolute atomic E-state index is 0.00765. The summed E-state index contributed by atoms with van der Waals surface area (Å²) in [7, 11) is 0. The first-order chi connectivity index (χ1) is 11.3. The normalized spacial score (nSPS) is 11.0.